The Hall–Kier alpha value is -2.89. The molecular weight excluding hydrogens is 278 g/mol. The first-order valence-corrected chi connectivity index (χ1v) is 7.10. The molecule has 1 aliphatic rings. The molecule has 0 aliphatic carbocycles. The molecule has 3 aromatic heterocycles. The third-order valence-electron chi connectivity index (χ3n) is 3.81. The van der Waals surface area contributed by atoms with Gasteiger partial charge in [-0.15, -0.1) is 0 Å². The van der Waals surface area contributed by atoms with Gasteiger partial charge < -0.3 is 4.90 Å². The topological polar surface area (TPSA) is 71.9 Å². The second-order valence-corrected chi connectivity index (χ2v) is 5.21. The van der Waals surface area contributed by atoms with E-state index in [1.165, 1.54) is 12.4 Å². The van der Waals surface area contributed by atoms with Gasteiger partial charge in [0.1, 0.15) is 5.69 Å². The summed E-state index contributed by atoms with van der Waals surface area (Å²) in [7, 11) is 0. The predicted octanol–water partition coefficient (Wildman–Crippen LogP) is 1.62. The minimum Gasteiger partial charge on any atom is -0.332 e. The molecule has 6 heteroatoms. The average molecular weight is 291 g/mol. The van der Waals surface area contributed by atoms with Crippen LogP contribution in [-0.2, 0) is 13.0 Å². The Labute approximate surface area is 126 Å². The van der Waals surface area contributed by atoms with E-state index in [1.54, 1.807) is 17.3 Å². The molecule has 4 rings (SSSR count). The van der Waals surface area contributed by atoms with Gasteiger partial charge in [0.05, 0.1) is 6.20 Å². The molecule has 4 heterocycles. The average Bonchev–Trinajstić information content (AvgIpc) is 2.59. The van der Waals surface area contributed by atoms with Gasteiger partial charge in [0.15, 0.2) is 5.65 Å². The van der Waals surface area contributed by atoms with Crippen LogP contribution in [0.4, 0.5) is 0 Å². The van der Waals surface area contributed by atoms with Crippen molar-refractivity contribution in [1.82, 2.24) is 24.8 Å². The van der Waals surface area contributed by atoms with E-state index in [1.807, 2.05) is 12.1 Å². The van der Waals surface area contributed by atoms with Crippen molar-refractivity contribution in [2.75, 3.05) is 6.54 Å². The van der Waals surface area contributed by atoms with E-state index in [0.717, 1.165) is 28.7 Å². The van der Waals surface area contributed by atoms with E-state index in [-0.39, 0.29) is 5.91 Å². The number of pyridine rings is 2. The van der Waals surface area contributed by atoms with Crippen LogP contribution in [0.25, 0.3) is 11.0 Å². The lowest BCUT2D eigenvalue weighted by Crippen LogP contribution is -2.36. The lowest BCUT2D eigenvalue weighted by molar-refractivity contribution is 0.0727. The number of nitrogens with zero attached hydrogens (tertiary/aromatic N) is 5. The first kappa shape index (κ1) is 12.8. The summed E-state index contributed by atoms with van der Waals surface area (Å²) in [4.78, 5) is 31.2. The summed E-state index contributed by atoms with van der Waals surface area (Å²) in [6.45, 7) is 1.18. The quantitative estimate of drug-likeness (QED) is 0.681. The molecule has 0 fully saturated rings. The fourth-order valence-electron chi connectivity index (χ4n) is 2.71. The van der Waals surface area contributed by atoms with Crippen LogP contribution in [0.5, 0.6) is 0 Å². The van der Waals surface area contributed by atoms with Crippen LogP contribution in [0.2, 0.25) is 0 Å². The molecule has 0 aromatic carbocycles. The number of carbonyl (C=O) groups excluding carboxylic acids is 1. The molecule has 108 valence electrons. The molecule has 0 bridgehead atoms. The van der Waals surface area contributed by atoms with Gasteiger partial charge in [-0.05, 0) is 23.8 Å². The highest BCUT2D eigenvalue weighted by atomic mass is 16.2. The van der Waals surface area contributed by atoms with Gasteiger partial charge in [-0.2, -0.15) is 0 Å². The van der Waals surface area contributed by atoms with Gasteiger partial charge in [0, 0.05) is 49.2 Å². The molecule has 0 unspecified atom stereocenters. The Kier molecular flexibility index (Phi) is 3.00. The van der Waals surface area contributed by atoms with Crippen LogP contribution in [0.1, 0.15) is 21.7 Å². The molecule has 0 saturated carbocycles. The van der Waals surface area contributed by atoms with Crippen molar-refractivity contribution in [3.05, 3.63) is 59.9 Å². The van der Waals surface area contributed by atoms with E-state index in [4.69, 9.17) is 0 Å². The highest BCUT2D eigenvalue weighted by Crippen LogP contribution is 2.22. The zero-order valence-electron chi connectivity index (χ0n) is 11.8. The maximum Gasteiger partial charge on any atom is 0.274 e. The van der Waals surface area contributed by atoms with Gasteiger partial charge in [0.25, 0.3) is 5.91 Å². The molecule has 22 heavy (non-hydrogen) atoms. The number of fused-ring (bicyclic) bond motifs is 2. The van der Waals surface area contributed by atoms with Gasteiger partial charge >= 0.3 is 0 Å². The van der Waals surface area contributed by atoms with Crippen molar-refractivity contribution >= 4 is 16.9 Å². The van der Waals surface area contributed by atoms with Gasteiger partial charge in [0.2, 0.25) is 0 Å². The second kappa shape index (κ2) is 5.14. The number of amides is 1. The summed E-state index contributed by atoms with van der Waals surface area (Å²) in [5.74, 6) is -0.0926. The van der Waals surface area contributed by atoms with Crippen LogP contribution in [0.15, 0.2) is 43.0 Å². The summed E-state index contributed by atoms with van der Waals surface area (Å²) in [5.41, 5.74) is 3.23. The van der Waals surface area contributed by atoms with E-state index in [2.05, 4.69) is 26.0 Å². The lowest BCUT2D eigenvalue weighted by atomic mass is 10.0. The lowest BCUT2D eigenvalue weighted by Gasteiger charge is -2.28. The Balaban J connectivity index is 1.66. The standard InChI is InChI=1S/C16H13N5O/c22-16(14-9-17-5-6-18-14)21-7-3-13-12(10-21)8-11-2-1-4-19-15(11)20-13/h1-2,4-6,8-9H,3,7,10H2. The number of hydrogen-bond donors (Lipinski definition) is 0. The molecule has 0 N–H and O–H groups in total. The molecule has 0 radical (unpaired) electrons. The third kappa shape index (κ3) is 2.18. The highest BCUT2D eigenvalue weighted by Gasteiger charge is 2.24. The zero-order valence-corrected chi connectivity index (χ0v) is 11.8. The Morgan fingerprint density at radius 3 is 3.00 bits per heavy atom. The molecule has 0 saturated heterocycles. The second-order valence-electron chi connectivity index (χ2n) is 5.21. The molecule has 6 nitrogen and oxygen atoms in total. The first-order valence-electron chi connectivity index (χ1n) is 7.10. The van der Waals surface area contributed by atoms with Gasteiger partial charge in [-0.1, -0.05) is 0 Å². The van der Waals surface area contributed by atoms with E-state index < -0.39 is 0 Å². The Morgan fingerprint density at radius 2 is 2.14 bits per heavy atom. The summed E-state index contributed by atoms with van der Waals surface area (Å²) >= 11 is 0. The molecule has 3 aromatic rings. The summed E-state index contributed by atoms with van der Waals surface area (Å²) < 4.78 is 0. The summed E-state index contributed by atoms with van der Waals surface area (Å²) in [6, 6.07) is 5.95. The van der Waals surface area contributed by atoms with Crippen LogP contribution in [0, 0.1) is 0 Å². The van der Waals surface area contributed by atoms with E-state index in [0.29, 0.717) is 18.8 Å². The van der Waals surface area contributed by atoms with E-state index >= 15 is 0 Å². The smallest absolute Gasteiger partial charge is 0.274 e. The molecular formula is C16H13N5O. The Bertz CT molecular complexity index is 850. The van der Waals surface area contributed by atoms with Crippen molar-refractivity contribution in [2.24, 2.45) is 0 Å². The van der Waals surface area contributed by atoms with Crippen LogP contribution in [-0.4, -0.2) is 37.3 Å². The maximum absolute atomic E-state index is 12.5. The van der Waals surface area contributed by atoms with Crippen molar-refractivity contribution in [3.8, 4) is 0 Å². The number of carbonyl (C=O) groups is 1. The number of aromatic nitrogens is 4. The fourth-order valence-corrected chi connectivity index (χ4v) is 2.71. The SMILES string of the molecule is O=C(c1cnccn1)N1CCc2nc3ncccc3cc2C1. The maximum atomic E-state index is 12.5. The Morgan fingerprint density at radius 1 is 1.18 bits per heavy atom. The summed E-state index contributed by atoms with van der Waals surface area (Å²) in [5, 5.41) is 0.995. The minimum atomic E-state index is -0.0926. The largest absolute Gasteiger partial charge is 0.332 e. The summed E-state index contributed by atoms with van der Waals surface area (Å²) in [6.07, 6.45) is 7.07. The molecule has 0 spiro atoms. The van der Waals surface area contributed by atoms with Gasteiger partial charge in [-0.3, -0.25) is 9.78 Å². The monoisotopic (exact) mass is 291 g/mol. The van der Waals surface area contributed by atoms with Crippen molar-refractivity contribution in [2.45, 2.75) is 13.0 Å². The van der Waals surface area contributed by atoms with E-state index in [9.17, 15) is 4.79 Å². The fraction of sp³-hybridized carbons (Fsp3) is 0.188. The number of rotatable bonds is 1. The minimum absolute atomic E-state index is 0.0926. The highest BCUT2D eigenvalue weighted by molar-refractivity contribution is 5.92. The molecule has 1 aliphatic heterocycles. The normalized spacial score (nSPS) is 13.9. The van der Waals surface area contributed by atoms with Crippen LogP contribution < -0.4 is 0 Å². The van der Waals surface area contributed by atoms with Gasteiger partial charge in [-0.25, -0.2) is 15.0 Å². The van der Waals surface area contributed by atoms with Crippen LogP contribution >= 0.6 is 0 Å². The van der Waals surface area contributed by atoms with Crippen molar-refractivity contribution in [3.63, 3.8) is 0 Å². The predicted molar refractivity (Wildman–Crippen MR) is 80.0 cm³/mol. The van der Waals surface area contributed by atoms with Crippen molar-refractivity contribution in [1.29, 1.82) is 0 Å². The molecule has 0 atom stereocenters. The van der Waals surface area contributed by atoms with Crippen LogP contribution in [0.3, 0.4) is 0 Å². The third-order valence-corrected chi connectivity index (χ3v) is 3.81. The first-order chi connectivity index (χ1) is 10.8. The van der Waals surface area contributed by atoms with Crippen molar-refractivity contribution < 1.29 is 4.79 Å². The molecule has 1 amide bonds. The zero-order chi connectivity index (χ0) is 14.9. The number of hydrogen-bond acceptors (Lipinski definition) is 5.